The van der Waals surface area contributed by atoms with Crippen molar-refractivity contribution in [3.63, 3.8) is 0 Å². The van der Waals surface area contributed by atoms with Crippen LogP contribution in [0.4, 0.5) is 52.2 Å². The van der Waals surface area contributed by atoms with E-state index in [0.717, 1.165) is 17.4 Å². The van der Waals surface area contributed by atoms with Crippen molar-refractivity contribution in [3.8, 4) is 10.4 Å². The number of amides is 3. The molecule has 1 spiro atoms. The van der Waals surface area contributed by atoms with Gasteiger partial charge in [-0.1, -0.05) is 11.6 Å². The number of anilines is 3. The number of hydrogen-bond acceptors (Lipinski definition) is 6. The molecule has 2 fully saturated rings. The van der Waals surface area contributed by atoms with E-state index in [2.05, 4.69) is 10.6 Å². The zero-order chi connectivity index (χ0) is 43.3. The first-order chi connectivity index (χ1) is 28.3. The van der Waals surface area contributed by atoms with Gasteiger partial charge < -0.3 is 21.3 Å². The first-order valence-corrected chi connectivity index (χ1v) is 19.9. The Labute approximate surface area is 347 Å². The number of carbonyl (C=O) groups is 3. The number of alkyl halides is 5. The van der Waals surface area contributed by atoms with E-state index in [-0.39, 0.29) is 58.2 Å². The van der Waals surface area contributed by atoms with Crippen molar-refractivity contribution in [2.75, 3.05) is 35.2 Å². The van der Waals surface area contributed by atoms with Crippen molar-refractivity contribution in [3.05, 3.63) is 123 Å². The van der Waals surface area contributed by atoms with E-state index < -0.39 is 70.0 Å². The Morgan fingerprint density at radius 3 is 2.22 bits per heavy atom. The van der Waals surface area contributed by atoms with Crippen LogP contribution in [0.25, 0.3) is 10.4 Å². The van der Waals surface area contributed by atoms with Crippen LogP contribution < -0.4 is 21.3 Å². The summed E-state index contributed by atoms with van der Waals surface area (Å²) >= 11 is 6.98. The molecule has 3 amide bonds. The Kier molecular flexibility index (Phi) is 11.6. The van der Waals surface area contributed by atoms with Crippen molar-refractivity contribution in [2.45, 2.75) is 57.2 Å². The summed E-state index contributed by atoms with van der Waals surface area (Å²) in [6, 6.07) is 11.5. The number of piperidine rings is 1. The second kappa shape index (κ2) is 16.3. The van der Waals surface area contributed by atoms with E-state index in [1.807, 2.05) is 0 Å². The van der Waals surface area contributed by atoms with E-state index in [1.54, 1.807) is 17.9 Å². The van der Waals surface area contributed by atoms with Crippen LogP contribution in [0.3, 0.4) is 0 Å². The summed E-state index contributed by atoms with van der Waals surface area (Å²) in [6.07, 6.45) is -3.28. The van der Waals surface area contributed by atoms with Gasteiger partial charge >= 0.3 is 6.18 Å². The average molecular weight is 878 g/mol. The molecule has 0 radical (unpaired) electrons. The smallest absolute Gasteiger partial charge is 0.404 e. The highest BCUT2D eigenvalue weighted by Crippen LogP contribution is 2.57. The third kappa shape index (κ3) is 8.79. The van der Waals surface area contributed by atoms with Gasteiger partial charge in [0.1, 0.15) is 11.6 Å². The van der Waals surface area contributed by atoms with Gasteiger partial charge in [-0.05, 0) is 111 Å². The van der Waals surface area contributed by atoms with Gasteiger partial charge in [0.05, 0.1) is 26.8 Å². The molecule has 1 aliphatic carbocycles. The van der Waals surface area contributed by atoms with Crippen LogP contribution >= 0.6 is 22.9 Å². The second-order valence-electron chi connectivity index (χ2n) is 15.2. The maximum atomic E-state index is 14.8. The fourth-order valence-corrected chi connectivity index (χ4v) is 9.46. The van der Waals surface area contributed by atoms with Crippen LogP contribution in [0, 0.1) is 22.9 Å². The van der Waals surface area contributed by atoms with Gasteiger partial charge in [0.15, 0.2) is 5.82 Å². The lowest BCUT2D eigenvalue weighted by Gasteiger charge is -2.52. The van der Waals surface area contributed by atoms with Gasteiger partial charge in [-0.15, -0.1) is 11.3 Å². The zero-order valence-electron chi connectivity index (χ0n) is 31.7. The van der Waals surface area contributed by atoms with Crippen LogP contribution in [0.1, 0.15) is 58.2 Å². The summed E-state index contributed by atoms with van der Waals surface area (Å²) in [7, 11) is 0. The molecule has 3 heterocycles. The standard InChI is InChI=1S/C42H36ClF8N5O3S/c1-22(55-12-9-40(10-13-55)20-41(47,48)21-40)30(15-25(19-52)42(49,50)51)37(57)53-28-5-2-23(3-6-28)39(59)56-11-8-24-14-34(60-36(24)29-7-4-26(44)18-33(29)56)38(58)54-35-31(43)16-27(45)17-32(35)46/h2-7,14-19,22H,8-13,20-21,52H2,1H3,(H,53,57)(H,54,58)/b25-19+,30-15+. The second-order valence-corrected chi connectivity index (χ2v) is 16.7. The van der Waals surface area contributed by atoms with Gasteiger partial charge in [0.25, 0.3) is 17.7 Å². The van der Waals surface area contributed by atoms with Crippen molar-refractivity contribution in [1.82, 2.24) is 4.90 Å². The van der Waals surface area contributed by atoms with E-state index in [4.69, 9.17) is 17.3 Å². The average Bonchev–Trinajstić information content (AvgIpc) is 3.53. The maximum absolute atomic E-state index is 14.8. The number of halogens is 9. The lowest BCUT2D eigenvalue weighted by atomic mass is 9.61. The molecule has 2 aliphatic heterocycles. The molecule has 8 nitrogen and oxygen atoms in total. The highest BCUT2D eigenvalue weighted by atomic mass is 35.5. The molecular weight excluding hydrogens is 842 g/mol. The molecule has 1 aromatic heterocycles. The molecule has 0 bridgehead atoms. The molecular formula is C42H36ClF8N5O3S. The number of hydrogen-bond donors (Lipinski definition) is 3. The highest BCUT2D eigenvalue weighted by Gasteiger charge is 2.57. The molecule has 316 valence electrons. The number of benzene rings is 3. The lowest BCUT2D eigenvalue weighted by molar-refractivity contribution is -0.178. The van der Waals surface area contributed by atoms with Gasteiger partial charge in [-0.3, -0.25) is 19.3 Å². The number of rotatable bonds is 8. The van der Waals surface area contributed by atoms with Crippen LogP contribution in [0.15, 0.2) is 84.1 Å². The van der Waals surface area contributed by atoms with Crippen molar-refractivity contribution < 1.29 is 49.5 Å². The molecule has 1 atom stereocenters. The van der Waals surface area contributed by atoms with E-state index in [9.17, 15) is 49.5 Å². The largest absolute Gasteiger partial charge is 0.417 e. The Morgan fingerprint density at radius 2 is 1.60 bits per heavy atom. The molecule has 1 unspecified atom stereocenters. The Hall–Kier alpha value is -5.26. The van der Waals surface area contributed by atoms with E-state index >= 15 is 0 Å². The Morgan fingerprint density at radius 1 is 0.917 bits per heavy atom. The number of carbonyl (C=O) groups excluding carboxylic acids is 3. The number of fused-ring (bicyclic) bond motifs is 3. The maximum Gasteiger partial charge on any atom is 0.417 e. The lowest BCUT2D eigenvalue weighted by Crippen LogP contribution is -2.54. The van der Waals surface area contributed by atoms with Crippen molar-refractivity contribution in [1.29, 1.82) is 0 Å². The summed E-state index contributed by atoms with van der Waals surface area (Å²) in [5.74, 6) is -7.50. The number of nitrogens with zero attached hydrogens (tertiary/aromatic N) is 2. The van der Waals surface area contributed by atoms with E-state index in [1.165, 1.54) is 47.4 Å². The first kappa shape index (κ1) is 42.8. The van der Waals surface area contributed by atoms with Crippen LogP contribution in [-0.4, -0.2) is 60.4 Å². The molecule has 60 heavy (non-hydrogen) atoms. The molecule has 4 aromatic rings. The molecule has 7 rings (SSSR count). The summed E-state index contributed by atoms with van der Waals surface area (Å²) in [6.45, 7) is 2.20. The van der Waals surface area contributed by atoms with Crippen molar-refractivity contribution >= 4 is 57.7 Å². The highest BCUT2D eigenvalue weighted by molar-refractivity contribution is 7.17. The summed E-state index contributed by atoms with van der Waals surface area (Å²) in [4.78, 5) is 44.7. The zero-order valence-corrected chi connectivity index (χ0v) is 33.2. The van der Waals surface area contributed by atoms with Crippen molar-refractivity contribution in [2.24, 2.45) is 11.1 Å². The molecule has 18 heteroatoms. The first-order valence-electron chi connectivity index (χ1n) is 18.7. The topological polar surface area (TPSA) is 108 Å². The molecule has 4 N–H and O–H groups in total. The Bertz CT molecular complexity index is 2390. The summed E-state index contributed by atoms with van der Waals surface area (Å²) < 4.78 is 112. The number of nitrogens with one attached hydrogen (secondary N) is 2. The Balaban J connectivity index is 1.08. The normalized spacial score (nSPS) is 18.2. The third-order valence-electron chi connectivity index (χ3n) is 11.2. The minimum absolute atomic E-state index is 0.0409. The number of likely N-dealkylation sites (tertiary alicyclic amines) is 1. The van der Waals surface area contributed by atoms with E-state index in [0.29, 0.717) is 60.3 Å². The van der Waals surface area contributed by atoms with Crippen LogP contribution in [-0.2, 0) is 11.2 Å². The molecule has 3 aromatic carbocycles. The number of nitrogens with two attached hydrogens (primary N) is 1. The van der Waals surface area contributed by atoms with Crippen LogP contribution in [0.5, 0.6) is 0 Å². The number of allylic oxidation sites excluding steroid dienone is 2. The van der Waals surface area contributed by atoms with Gasteiger partial charge in [-0.25, -0.2) is 22.0 Å². The van der Waals surface area contributed by atoms with Gasteiger partial charge in [0, 0.05) is 65.0 Å². The van der Waals surface area contributed by atoms with Gasteiger partial charge in [0.2, 0.25) is 5.92 Å². The predicted octanol–water partition coefficient (Wildman–Crippen LogP) is 10.1. The monoisotopic (exact) mass is 877 g/mol. The predicted molar refractivity (Wildman–Crippen MR) is 213 cm³/mol. The van der Waals surface area contributed by atoms with Gasteiger partial charge in [-0.2, -0.15) is 13.2 Å². The fraction of sp³-hybridized carbons (Fsp3) is 0.310. The summed E-state index contributed by atoms with van der Waals surface area (Å²) in [5, 5.41) is 4.63. The minimum Gasteiger partial charge on any atom is -0.404 e. The summed E-state index contributed by atoms with van der Waals surface area (Å²) in [5.41, 5.74) is 4.42. The molecule has 1 saturated heterocycles. The molecule has 1 saturated carbocycles. The number of thiophene rings is 1. The third-order valence-corrected chi connectivity index (χ3v) is 12.7. The quantitative estimate of drug-likeness (QED) is 0.0929. The van der Waals surface area contributed by atoms with Crippen LogP contribution in [0.2, 0.25) is 5.02 Å². The fourth-order valence-electron chi connectivity index (χ4n) is 8.08. The SMILES string of the molecule is CC(/C(=C\C(=C/N)C(F)(F)F)C(=O)Nc1ccc(C(=O)N2CCc3cc(C(=O)Nc4c(F)cc(F)cc4Cl)sc3-c3ccc(F)cc32)cc1)N1CCC2(CC1)CC(F)(F)C2. The molecule has 3 aliphatic rings. The minimum atomic E-state index is -4.87.